The van der Waals surface area contributed by atoms with Gasteiger partial charge >= 0.3 is 0 Å². The number of rotatable bonds is 7. The van der Waals surface area contributed by atoms with Crippen LogP contribution in [0.1, 0.15) is 28.2 Å². The first-order chi connectivity index (χ1) is 23.7. The second-order valence-electron chi connectivity index (χ2n) is 12.6. The van der Waals surface area contributed by atoms with E-state index in [9.17, 15) is 0 Å². The fourth-order valence-corrected chi connectivity index (χ4v) is 9.48. The number of nitrogens with zero attached hydrogens (tertiary/aromatic N) is 1. The summed E-state index contributed by atoms with van der Waals surface area (Å²) in [4.78, 5) is 2.34. The van der Waals surface area contributed by atoms with Gasteiger partial charge in [-0.25, -0.2) is 0 Å². The van der Waals surface area contributed by atoms with E-state index >= 15 is 0 Å². The number of benzene rings is 7. The Morgan fingerprint density at radius 3 is 1.81 bits per heavy atom. The van der Waals surface area contributed by atoms with E-state index in [1.807, 2.05) is 22.7 Å². The molecule has 0 amide bonds. The molecule has 9 rings (SSSR count). The van der Waals surface area contributed by atoms with Crippen LogP contribution in [0.4, 0.5) is 17.1 Å². The SMILES string of the molecule is Cc1cccc(CC(c2ccc3c(c2)sc2ccccc23)c2ccc3sc4cc(N(c5ccccc5)c5ccccc5)ccc4c3c2)c1. The molecule has 9 aromatic rings. The van der Waals surface area contributed by atoms with Crippen molar-refractivity contribution in [3.63, 3.8) is 0 Å². The Hall–Kier alpha value is -5.22. The van der Waals surface area contributed by atoms with Crippen LogP contribution in [0.2, 0.25) is 0 Å². The zero-order valence-electron chi connectivity index (χ0n) is 26.6. The van der Waals surface area contributed by atoms with Gasteiger partial charge in [0.2, 0.25) is 0 Å². The molecule has 0 radical (unpaired) electrons. The van der Waals surface area contributed by atoms with E-state index in [0.29, 0.717) is 0 Å². The summed E-state index contributed by atoms with van der Waals surface area (Å²) in [6, 6.07) is 60.4. The van der Waals surface area contributed by atoms with Gasteiger partial charge in [-0.15, -0.1) is 22.7 Å². The molecule has 0 spiro atoms. The number of aryl methyl sites for hydroxylation is 1. The third-order valence-corrected chi connectivity index (χ3v) is 11.8. The Morgan fingerprint density at radius 2 is 1.04 bits per heavy atom. The van der Waals surface area contributed by atoms with Crippen molar-refractivity contribution in [1.82, 2.24) is 0 Å². The first-order valence-electron chi connectivity index (χ1n) is 16.5. The van der Waals surface area contributed by atoms with Crippen molar-refractivity contribution in [1.29, 1.82) is 0 Å². The number of hydrogen-bond acceptors (Lipinski definition) is 3. The molecule has 7 aromatic carbocycles. The van der Waals surface area contributed by atoms with Gasteiger partial charge in [-0.1, -0.05) is 109 Å². The lowest BCUT2D eigenvalue weighted by molar-refractivity contribution is 0.807. The van der Waals surface area contributed by atoms with Crippen molar-refractivity contribution in [2.24, 2.45) is 0 Å². The number of anilines is 3. The van der Waals surface area contributed by atoms with Crippen LogP contribution in [0.3, 0.4) is 0 Å². The zero-order chi connectivity index (χ0) is 32.0. The van der Waals surface area contributed by atoms with Gasteiger partial charge in [0.25, 0.3) is 0 Å². The Labute approximate surface area is 289 Å². The molecule has 2 aromatic heterocycles. The summed E-state index contributed by atoms with van der Waals surface area (Å²) >= 11 is 3.79. The second-order valence-corrected chi connectivity index (χ2v) is 14.8. The van der Waals surface area contributed by atoms with Crippen LogP contribution in [-0.2, 0) is 6.42 Å². The van der Waals surface area contributed by atoms with Crippen molar-refractivity contribution >= 4 is 80.1 Å². The maximum Gasteiger partial charge on any atom is 0.0476 e. The molecule has 3 heteroatoms. The minimum atomic E-state index is 0.242. The van der Waals surface area contributed by atoms with E-state index in [2.05, 4.69) is 176 Å². The first-order valence-corrected chi connectivity index (χ1v) is 18.1. The van der Waals surface area contributed by atoms with Crippen LogP contribution in [0.5, 0.6) is 0 Å². The monoisotopic (exact) mass is 651 g/mol. The molecular weight excluding hydrogens is 619 g/mol. The van der Waals surface area contributed by atoms with Gasteiger partial charge in [0, 0.05) is 63.3 Å². The van der Waals surface area contributed by atoms with Gasteiger partial charge in [-0.3, -0.25) is 0 Å². The molecule has 1 atom stereocenters. The highest BCUT2D eigenvalue weighted by Gasteiger charge is 2.20. The van der Waals surface area contributed by atoms with Crippen LogP contribution in [-0.4, -0.2) is 0 Å². The van der Waals surface area contributed by atoms with Crippen molar-refractivity contribution in [3.8, 4) is 0 Å². The molecule has 0 N–H and O–H groups in total. The minimum Gasteiger partial charge on any atom is -0.310 e. The van der Waals surface area contributed by atoms with Crippen LogP contribution in [0, 0.1) is 6.92 Å². The molecule has 230 valence electrons. The van der Waals surface area contributed by atoms with Gasteiger partial charge in [-0.2, -0.15) is 0 Å². The zero-order valence-corrected chi connectivity index (χ0v) is 28.3. The summed E-state index contributed by atoms with van der Waals surface area (Å²) in [6.07, 6.45) is 0.957. The van der Waals surface area contributed by atoms with Gasteiger partial charge in [0.15, 0.2) is 0 Å². The Kier molecular flexibility index (Phi) is 7.30. The number of thiophene rings is 2. The molecule has 0 bridgehead atoms. The van der Waals surface area contributed by atoms with E-state index in [-0.39, 0.29) is 5.92 Å². The standard InChI is InChI=1S/C45H33NS2/c1-30-11-10-12-31(25-30)26-40(33-19-22-38-37-17-8-9-18-42(37)47-44(38)28-33)32-20-24-43-41(27-32)39-23-21-36(29-45(39)48-43)46(34-13-4-2-5-14-34)35-15-6-3-7-16-35/h2-25,27-29,40H,26H2,1H3. The highest BCUT2D eigenvalue weighted by molar-refractivity contribution is 7.26. The maximum atomic E-state index is 2.47. The molecular formula is C45H33NS2. The molecule has 48 heavy (non-hydrogen) atoms. The summed E-state index contributed by atoms with van der Waals surface area (Å²) in [6.45, 7) is 2.19. The number of fused-ring (bicyclic) bond motifs is 6. The summed E-state index contributed by atoms with van der Waals surface area (Å²) in [5.41, 5.74) is 8.89. The average Bonchev–Trinajstić information content (AvgIpc) is 3.69. The molecule has 1 unspecified atom stereocenters. The highest BCUT2D eigenvalue weighted by Crippen LogP contribution is 2.43. The third kappa shape index (κ3) is 5.26. The smallest absolute Gasteiger partial charge is 0.0476 e. The largest absolute Gasteiger partial charge is 0.310 e. The lowest BCUT2D eigenvalue weighted by Gasteiger charge is -2.25. The van der Waals surface area contributed by atoms with Crippen LogP contribution in [0.25, 0.3) is 40.3 Å². The summed E-state index contributed by atoms with van der Waals surface area (Å²) in [7, 11) is 0. The summed E-state index contributed by atoms with van der Waals surface area (Å²) in [5.74, 6) is 0.242. The summed E-state index contributed by atoms with van der Waals surface area (Å²) in [5, 5.41) is 5.35. The Morgan fingerprint density at radius 1 is 0.438 bits per heavy atom. The molecule has 0 saturated carbocycles. The Bertz CT molecular complexity index is 2520. The maximum absolute atomic E-state index is 2.47. The molecule has 0 aliphatic heterocycles. The van der Waals surface area contributed by atoms with E-state index < -0.39 is 0 Å². The van der Waals surface area contributed by atoms with Gasteiger partial charge in [0.05, 0.1) is 0 Å². The molecule has 0 saturated heterocycles. The molecule has 0 aliphatic carbocycles. The van der Waals surface area contributed by atoms with Crippen LogP contribution in [0.15, 0.2) is 164 Å². The predicted octanol–water partition coefficient (Wildman–Crippen LogP) is 13.6. The highest BCUT2D eigenvalue weighted by atomic mass is 32.1. The normalized spacial score (nSPS) is 12.3. The number of hydrogen-bond donors (Lipinski definition) is 0. The fourth-order valence-electron chi connectivity index (χ4n) is 7.20. The summed E-state index contributed by atoms with van der Waals surface area (Å²) < 4.78 is 5.34. The predicted molar refractivity (Wildman–Crippen MR) is 210 cm³/mol. The van der Waals surface area contributed by atoms with E-state index in [1.165, 1.54) is 68.3 Å². The Balaban J connectivity index is 1.16. The van der Waals surface area contributed by atoms with Gasteiger partial charge in [-0.05, 0) is 90.7 Å². The van der Waals surface area contributed by atoms with E-state index in [4.69, 9.17) is 0 Å². The fraction of sp³-hybridized carbons (Fsp3) is 0.0667. The van der Waals surface area contributed by atoms with Crippen molar-refractivity contribution in [2.75, 3.05) is 4.90 Å². The van der Waals surface area contributed by atoms with E-state index in [1.54, 1.807) is 0 Å². The number of para-hydroxylation sites is 2. The van der Waals surface area contributed by atoms with Crippen molar-refractivity contribution in [2.45, 2.75) is 19.3 Å². The average molecular weight is 652 g/mol. The first kappa shape index (κ1) is 29.0. The van der Waals surface area contributed by atoms with Crippen molar-refractivity contribution in [3.05, 3.63) is 186 Å². The minimum absolute atomic E-state index is 0.242. The van der Waals surface area contributed by atoms with Gasteiger partial charge < -0.3 is 4.90 Å². The lowest BCUT2D eigenvalue weighted by Crippen LogP contribution is -2.09. The molecule has 0 fully saturated rings. The quantitative estimate of drug-likeness (QED) is 0.166. The van der Waals surface area contributed by atoms with Crippen molar-refractivity contribution < 1.29 is 0 Å². The third-order valence-electron chi connectivity index (χ3n) is 9.50. The second kappa shape index (κ2) is 12.1. The topological polar surface area (TPSA) is 3.24 Å². The van der Waals surface area contributed by atoms with Crippen LogP contribution < -0.4 is 4.90 Å². The van der Waals surface area contributed by atoms with E-state index in [0.717, 1.165) is 17.8 Å². The molecule has 2 heterocycles. The molecule has 1 nitrogen and oxygen atoms in total. The lowest BCUT2D eigenvalue weighted by atomic mass is 9.85. The van der Waals surface area contributed by atoms with Crippen LogP contribution >= 0.6 is 22.7 Å². The molecule has 0 aliphatic rings. The van der Waals surface area contributed by atoms with Gasteiger partial charge in [0.1, 0.15) is 0 Å².